The minimum absolute atomic E-state index is 0.0873. The molecule has 3 aromatic rings. The Hall–Kier alpha value is -3.45. The lowest BCUT2D eigenvalue weighted by Gasteiger charge is -2.47. The Kier molecular flexibility index (Phi) is 8.20. The van der Waals surface area contributed by atoms with E-state index in [1.165, 1.54) is 31.2 Å². The fraction of sp³-hybridized carbons (Fsp3) is 0.486. The third-order valence-corrected chi connectivity index (χ3v) is 10.4. The van der Waals surface area contributed by atoms with Crippen LogP contribution in [0.5, 0.6) is 17.2 Å². The molecule has 7 nitrogen and oxygen atoms in total. The highest BCUT2D eigenvalue weighted by Gasteiger charge is 2.54. The summed E-state index contributed by atoms with van der Waals surface area (Å²) in [5.74, 6) is 1.05. The maximum absolute atomic E-state index is 13.3. The van der Waals surface area contributed by atoms with Gasteiger partial charge in [-0.1, -0.05) is 24.6 Å². The molecule has 3 N–H and O–H groups in total. The van der Waals surface area contributed by atoms with Gasteiger partial charge in [0, 0.05) is 28.2 Å². The van der Waals surface area contributed by atoms with Crippen molar-refractivity contribution < 1.29 is 24.5 Å². The van der Waals surface area contributed by atoms with Crippen LogP contribution in [0.2, 0.25) is 5.02 Å². The van der Waals surface area contributed by atoms with Gasteiger partial charge in [0.1, 0.15) is 11.3 Å². The molecular weight excluding hydrogens is 564 g/mol. The van der Waals surface area contributed by atoms with Gasteiger partial charge in [0.15, 0.2) is 11.5 Å². The van der Waals surface area contributed by atoms with E-state index in [0.29, 0.717) is 24.5 Å². The number of aryl methyl sites for hydroxylation is 1. The van der Waals surface area contributed by atoms with Crippen molar-refractivity contribution in [1.82, 2.24) is 4.98 Å². The number of nitrogens with zero attached hydrogens (tertiary/aromatic N) is 1. The number of rotatable bonds is 8. The number of fused-ring (bicyclic) bond motifs is 3. The number of methoxy groups -OCH3 is 1. The van der Waals surface area contributed by atoms with E-state index in [1.807, 2.05) is 36.5 Å². The molecule has 1 spiro atoms. The largest absolute Gasteiger partial charge is 0.504 e. The first-order chi connectivity index (χ1) is 20.7. The van der Waals surface area contributed by atoms with Crippen LogP contribution in [0.1, 0.15) is 74.3 Å². The third-order valence-electron chi connectivity index (χ3n) is 10.2. The van der Waals surface area contributed by atoms with Crippen molar-refractivity contribution in [1.29, 1.82) is 0 Å². The quantitative estimate of drug-likeness (QED) is 0.186. The van der Waals surface area contributed by atoms with Crippen molar-refractivity contribution >= 4 is 23.3 Å². The fourth-order valence-corrected chi connectivity index (χ4v) is 8.16. The normalized spacial score (nSPS) is 25.0. The number of aromatic hydroxyl groups is 2. The summed E-state index contributed by atoms with van der Waals surface area (Å²) in [6.07, 6.45) is 10.6. The Morgan fingerprint density at radius 2 is 1.86 bits per heavy atom. The van der Waals surface area contributed by atoms with E-state index in [0.717, 1.165) is 61.1 Å². The van der Waals surface area contributed by atoms with Gasteiger partial charge in [0.2, 0.25) is 0 Å². The Morgan fingerprint density at radius 3 is 2.63 bits per heavy atom. The molecule has 3 aliphatic rings. The summed E-state index contributed by atoms with van der Waals surface area (Å²) in [4.78, 5) is 17.9. The number of pyridine rings is 1. The SMILES string of the molecule is COC(=O)C1(Nc2cccc(Cl)c2)CCC2(CC1)c1cc(O)c(O)cc1CC2C[C@@H](C)COc1ccnc2c1CCCC2. The third kappa shape index (κ3) is 5.64. The van der Waals surface area contributed by atoms with Crippen LogP contribution in [0.25, 0.3) is 0 Å². The number of hydrogen-bond acceptors (Lipinski definition) is 7. The monoisotopic (exact) mass is 604 g/mol. The van der Waals surface area contributed by atoms with Gasteiger partial charge in [0.05, 0.1) is 13.7 Å². The van der Waals surface area contributed by atoms with E-state index < -0.39 is 5.54 Å². The van der Waals surface area contributed by atoms with E-state index in [2.05, 4.69) is 17.2 Å². The first kappa shape index (κ1) is 29.6. The molecule has 6 rings (SSSR count). The van der Waals surface area contributed by atoms with Crippen LogP contribution < -0.4 is 10.1 Å². The Balaban J connectivity index is 1.24. The van der Waals surface area contributed by atoms with Gasteiger partial charge in [-0.05, 0) is 129 Å². The molecule has 1 fully saturated rings. The molecule has 43 heavy (non-hydrogen) atoms. The lowest BCUT2D eigenvalue weighted by Crippen LogP contribution is -2.53. The highest BCUT2D eigenvalue weighted by atomic mass is 35.5. The molecule has 2 aromatic carbocycles. The number of esters is 1. The van der Waals surface area contributed by atoms with E-state index in [4.69, 9.17) is 21.1 Å². The van der Waals surface area contributed by atoms with Crippen molar-refractivity contribution in [2.75, 3.05) is 19.0 Å². The van der Waals surface area contributed by atoms with E-state index >= 15 is 0 Å². The maximum Gasteiger partial charge on any atom is 0.331 e. The van der Waals surface area contributed by atoms with Gasteiger partial charge >= 0.3 is 5.97 Å². The molecule has 1 saturated carbocycles. The van der Waals surface area contributed by atoms with Crippen molar-refractivity contribution in [2.24, 2.45) is 11.8 Å². The van der Waals surface area contributed by atoms with Crippen molar-refractivity contribution in [2.45, 2.75) is 82.1 Å². The summed E-state index contributed by atoms with van der Waals surface area (Å²) in [6, 6.07) is 12.9. The van der Waals surface area contributed by atoms with Crippen LogP contribution in [0, 0.1) is 11.8 Å². The molecule has 1 aromatic heterocycles. The van der Waals surface area contributed by atoms with Crippen LogP contribution in [0.15, 0.2) is 48.7 Å². The van der Waals surface area contributed by atoms with Crippen molar-refractivity contribution in [3.05, 3.63) is 76.1 Å². The minimum atomic E-state index is -0.883. The molecule has 1 unspecified atom stereocenters. The average molecular weight is 605 g/mol. The van der Waals surface area contributed by atoms with Crippen molar-refractivity contribution in [3.63, 3.8) is 0 Å². The number of hydrogen-bond donors (Lipinski definition) is 3. The smallest absolute Gasteiger partial charge is 0.331 e. The second kappa shape index (κ2) is 11.9. The average Bonchev–Trinajstić information content (AvgIpc) is 3.28. The number of nitrogens with one attached hydrogen (secondary N) is 1. The standard InChI is InChI=1S/C35H41ClN2O5/c1-22(21-43-32-10-15-37-29-9-4-3-8-27(29)32)16-24-17-23-18-30(39)31(40)20-28(23)34(24)11-13-35(14-12-34,33(41)42-2)38-26-7-5-6-25(36)19-26/h5-7,10,15,18-20,22,24,38-40H,3-4,8-9,11-14,16-17,21H2,1-2H3/t22-,24?,34?,35?/m1/s1. The van der Waals surface area contributed by atoms with E-state index in [9.17, 15) is 15.0 Å². The van der Waals surface area contributed by atoms with Crippen LogP contribution in [-0.4, -0.2) is 40.4 Å². The predicted molar refractivity (Wildman–Crippen MR) is 167 cm³/mol. The summed E-state index contributed by atoms with van der Waals surface area (Å²) in [7, 11) is 1.43. The number of halogens is 1. The zero-order chi connectivity index (χ0) is 30.2. The highest BCUT2D eigenvalue weighted by Crippen LogP contribution is 2.57. The van der Waals surface area contributed by atoms with E-state index in [1.54, 1.807) is 12.1 Å². The zero-order valence-electron chi connectivity index (χ0n) is 25.0. The minimum Gasteiger partial charge on any atom is -0.504 e. The highest BCUT2D eigenvalue weighted by molar-refractivity contribution is 6.30. The second-order valence-corrected chi connectivity index (χ2v) is 13.3. The van der Waals surface area contributed by atoms with Gasteiger partial charge in [0.25, 0.3) is 0 Å². The molecule has 8 heteroatoms. The number of aromatic nitrogens is 1. The van der Waals surface area contributed by atoms with Crippen LogP contribution in [-0.2, 0) is 34.2 Å². The number of benzene rings is 2. The first-order valence-corrected chi connectivity index (χ1v) is 15.9. The summed E-state index contributed by atoms with van der Waals surface area (Å²) in [6.45, 7) is 2.85. The van der Waals surface area contributed by atoms with Crippen LogP contribution >= 0.6 is 11.6 Å². The molecule has 0 saturated heterocycles. The molecule has 1 heterocycles. The molecule has 0 radical (unpaired) electrons. The number of carbonyl (C=O) groups is 1. The lowest BCUT2D eigenvalue weighted by atomic mass is 9.59. The summed E-state index contributed by atoms with van der Waals surface area (Å²) >= 11 is 6.26. The number of phenolic OH excluding ortho intramolecular Hbond substituents is 2. The van der Waals surface area contributed by atoms with Crippen LogP contribution in [0.4, 0.5) is 5.69 Å². The number of carbonyl (C=O) groups excluding carboxylic acids is 1. The molecule has 0 amide bonds. The molecule has 228 valence electrons. The van der Waals surface area contributed by atoms with Gasteiger partial charge < -0.3 is 25.0 Å². The topological polar surface area (TPSA) is 101 Å². The first-order valence-electron chi connectivity index (χ1n) is 15.5. The number of phenols is 2. The molecule has 0 bridgehead atoms. The summed E-state index contributed by atoms with van der Waals surface area (Å²) in [5.41, 5.74) is 4.25. The summed E-state index contributed by atoms with van der Waals surface area (Å²) in [5, 5.41) is 25.0. The summed E-state index contributed by atoms with van der Waals surface area (Å²) < 4.78 is 11.7. The molecule has 2 atom stereocenters. The Morgan fingerprint density at radius 1 is 1.09 bits per heavy atom. The molecule has 3 aliphatic carbocycles. The lowest BCUT2D eigenvalue weighted by molar-refractivity contribution is -0.148. The van der Waals surface area contributed by atoms with Gasteiger partial charge in [-0.2, -0.15) is 0 Å². The van der Waals surface area contributed by atoms with Gasteiger partial charge in [-0.25, -0.2) is 4.79 Å². The molecule has 0 aliphatic heterocycles. The number of ether oxygens (including phenoxy) is 2. The van der Waals surface area contributed by atoms with Crippen molar-refractivity contribution in [3.8, 4) is 17.2 Å². The van der Waals surface area contributed by atoms with Crippen LogP contribution in [0.3, 0.4) is 0 Å². The second-order valence-electron chi connectivity index (χ2n) is 12.9. The van der Waals surface area contributed by atoms with E-state index in [-0.39, 0.29) is 34.7 Å². The zero-order valence-corrected chi connectivity index (χ0v) is 25.8. The predicted octanol–water partition coefficient (Wildman–Crippen LogP) is 7.14. The maximum atomic E-state index is 13.3. The fourth-order valence-electron chi connectivity index (χ4n) is 7.97. The molecular formula is C35H41ClN2O5. The Labute approximate surface area is 258 Å². The number of anilines is 1. The van der Waals surface area contributed by atoms with Gasteiger partial charge in [-0.3, -0.25) is 4.98 Å². The Bertz CT molecular complexity index is 1500. The van der Waals surface area contributed by atoms with Gasteiger partial charge in [-0.15, -0.1) is 0 Å².